The smallest absolute Gasteiger partial charge is 0.0459 e. The Morgan fingerprint density at radius 3 is 1.71 bits per heavy atom. The molecule has 0 amide bonds. The van der Waals surface area contributed by atoms with Gasteiger partial charge in [0.05, 0.1) is 0 Å². The van der Waals surface area contributed by atoms with Crippen LogP contribution in [0, 0.1) is 11.8 Å². The van der Waals surface area contributed by atoms with Crippen LogP contribution < -0.4 is 5.32 Å². The summed E-state index contributed by atoms with van der Waals surface area (Å²) in [4.78, 5) is 0. The second kappa shape index (κ2) is 6.75. The van der Waals surface area contributed by atoms with Crippen molar-refractivity contribution in [3.8, 4) is 0 Å². The van der Waals surface area contributed by atoms with Crippen molar-refractivity contribution < 1.29 is 5.11 Å². The molecule has 17 heavy (non-hydrogen) atoms. The van der Waals surface area contributed by atoms with E-state index < -0.39 is 0 Å². The molecule has 0 aromatic rings. The molecule has 0 radical (unpaired) electrons. The molecule has 100 valence electrons. The minimum Gasteiger partial charge on any atom is -0.396 e. The number of aliphatic hydroxyl groups is 1. The molecule has 2 aliphatic carbocycles. The van der Waals surface area contributed by atoms with Crippen LogP contribution in [-0.2, 0) is 0 Å². The van der Waals surface area contributed by atoms with E-state index in [1.165, 1.54) is 57.8 Å². The lowest BCUT2D eigenvalue weighted by Crippen LogP contribution is -2.42. The van der Waals surface area contributed by atoms with Gasteiger partial charge in [-0.2, -0.15) is 0 Å². The molecule has 0 aromatic heterocycles. The van der Waals surface area contributed by atoms with Gasteiger partial charge >= 0.3 is 0 Å². The molecular weight excluding hydrogens is 210 g/mol. The SMILES string of the molecule is CCC1CCC(NC2CCC(CO)CC2)CC1. The van der Waals surface area contributed by atoms with E-state index in [0.29, 0.717) is 12.5 Å². The Bertz CT molecular complexity index is 181. The van der Waals surface area contributed by atoms with Crippen LogP contribution in [0.2, 0.25) is 0 Å². The van der Waals surface area contributed by atoms with Gasteiger partial charge in [0, 0.05) is 18.7 Å². The molecule has 0 aliphatic heterocycles. The lowest BCUT2D eigenvalue weighted by atomic mass is 9.82. The van der Waals surface area contributed by atoms with Gasteiger partial charge in [-0.25, -0.2) is 0 Å². The summed E-state index contributed by atoms with van der Waals surface area (Å²) >= 11 is 0. The highest BCUT2D eigenvalue weighted by Crippen LogP contribution is 2.29. The fourth-order valence-corrected chi connectivity index (χ4v) is 3.58. The summed E-state index contributed by atoms with van der Waals surface area (Å²) < 4.78 is 0. The van der Waals surface area contributed by atoms with Gasteiger partial charge < -0.3 is 10.4 Å². The molecule has 2 nitrogen and oxygen atoms in total. The molecule has 2 saturated carbocycles. The topological polar surface area (TPSA) is 32.3 Å². The van der Waals surface area contributed by atoms with Crippen LogP contribution in [0.5, 0.6) is 0 Å². The summed E-state index contributed by atoms with van der Waals surface area (Å²) in [6.45, 7) is 2.73. The molecule has 2 rings (SSSR count). The lowest BCUT2D eigenvalue weighted by molar-refractivity contribution is 0.165. The van der Waals surface area contributed by atoms with Crippen LogP contribution in [-0.4, -0.2) is 23.8 Å². The Hall–Kier alpha value is -0.0800. The third-order valence-electron chi connectivity index (χ3n) is 5.00. The number of hydrogen-bond acceptors (Lipinski definition) is 2. The van der Waals surface area contributed by atoms with Crippen LogP contribution in [0.3, 0.4) is 0 Å². The maximum Gasteiger partial charge on any atom is 0.0459 e. The number of rotatable bonds is 4. The quantitative estimate of drug-likeness (QED) is 0.790. The maximum absolute atomic E-state index is 9.13. The Balaban J connectivity index is 1.65. The van der Waals surface area contributed by atoms with Gasteiger partial charge in [-0.1, -0.05) is 13.3 Å². The maximum atomic E-state index is 9.13. The fourth-order valence-electron chi connectivity index (χ4n) is 3.58. The molecule has 2 aliphatic rings. The molecule has 0 aromatic carbocycles. The van der Waals surface area contributed by atoms with Gasteiger partial charge in [-0.3, -0.25) is 0 Å². The predicted molar refractivity (Wildman–Crippen MR) is 72.0 cm³/mol. The molecule has 0 heterocycles. The molecule has 2 fully saturated rings. The van der Waals surface area contributed by atoms with Crippen molar-refractivity contribution in [1.29, 1.82) is 0 Å². The second-order valence-corrected chi connectivity index (χ2v) is 6.19. The van der Waals surface area contributed by atoms with Gasteiger partial charge in [-0.05, 0) is 63.2 Å². The first-order valence-corrected chi connectivity index (χ1v) is 7.68. The van der Waals surface area contributed by atoms with Gasteiger partial charge in [0.1, 0.15) is 0 Å². The Kier molecular flexibility index (Phi) is 5.30. The van der Waals surface area contributed by atoms with Crippen molar-refractivity contribution in [2.24, 2.45) is 11.8 Å². The average molecular weight is 239 g/mol. The summed E-state index contributed by atoms with van der Waals surface area (Å²) in [5.74, 6) is 1.59. The normalized spacial score (nSPS) is 39.2. The zero-order valence-corrected chi connectivity index (χ0v) is 11.3. The minimum absolute atomic E-state index is 0.397. The van der Waals surface area contributed by atoms with E-state index in [0.717, 1.165) is 18.0 Å². The van der Waals surface area contributed by atoms with Crippen molar-refractivity contribution in [2.75, 3.05) is 6.61 Å². The van der Waals surface area contributed by atoms with E-state index in [9.17, 15) is 0 Å². The largest absolute Gasteiger partial charge is 0.396 e. The summed E-state index contributed by atoms with van der Waals surface area (Å²) in [6.07, 6.45) is 12.0. The molecule has 0 saturated heterocycles. The molecule has 2 heteroatoms. The third-order valence-corrected chi connectivity index (χ3v) is 5.00. The Morgan fingerprint density at radius 2 is 1.29 bits per heavy atom. The first-order valence-electron chi connectivity index (χ1n) is 7.68. The van der Waals surface area contributed by atoms with Crippen LogP contribution in [0.4, 0.5) is 0 Å². The van der Waals surface area contributed by atoms with Crippen molar-refractivity contribution in [2.45, 2.75) is 76.8 Å². The highest BCUT2D eigenvalue weighted by molar-refractivity contribution is 4.83. The van der Waals surface area contributed by atoms with Crippen molar-refractivity contribution in [1.82, 2.24) is 5.32 Å². The van der Waals surface area contributed by atoms with Crippen LogP contribution in [0.25, 0.3) is 0 Å². The molecule has 2 N–H and O–H groups in total. The van der Waals surface area contributed by atoms with Gasteiger partial charge in [0.2, 0.25) is 0 Å². The van der Waals surface area contributed by atoms with E-state index in [2.05, 4.69) is 12.2 Å². The zero-order valence-electron chi connectivity index (χ0n) is 11.3. The van der Waals surface area contributed by atoms with E-state index >= 15 is 0 Å². The van der Waals surface area contributed by atoms with Crippen molar-refractivity contribution >= 4 is 0 Å². The molecule has 0 bridgehead atoms. The minimum atomic E-state index is 0.397. The summed E-state index contributed by atoms with van der Waals surface area (Å²) in [5.41, 5.74) is 0. The summed E-state index contributed by atoms with van der Waals surface area (Å²) in [6, 6.07) is 1.52. The van der Waals surface area contributed by atoms with E-state index in [-0.39, 0.29) is 0 Å². The van der Waals surface area contributed by atoms with Crippen LogP contribution >= 0.6 is 0 Å². The molecular formula is C15H29NO. The van der Waals surface area contributed by atoms with Gasteiger partial charge in [0.15, 0.2) is 0 Å². The van der Waals surface area contributed by atoms with Crippen LogP contribution in [0.15, 0.2) is 0 Å². The van der Waals surface area contributed by atoms with E-state index in [1.807, 2.05) is 0 Å². The number of aliphatic hydroxyl groups excluding tert-OH is 1. The zero-order chi connectivity index (χ0) is 12.1. The summed E-state index contributed by atoms with van der Waals surface area (Å²) in [7, 11) is 0. The molecule has 0 spiro atoms. The average Bonchev–Trinajstić information content (AvgIpc) is 2.40. The fraction of sp³-hybridized carbons (Fsp3) is 1.00. The van der Waals surface area contributed by atoms with Gasteiger partial charge in [0.25, 0.3) is 0 Å². The predicted octanol–water partition coefficient (Wildman–Crippen LogP) is 3.10. The second-order valence-electron chi connectivity index (χ2n) is 6.19. The molecule has 0 atom stereocenters. The van der Waals surface area contributed by atoms with E-state index in [4.69, 9.17) is 5.11 Å². The molecule has 0 unspecified atom stereocenters. The first-order chi connectivity index (χ1) is 8.31. The highest BCUT2D eigenvalue weighted by Gasteiger charge is 2.25. The van der Waals surface area contributed by atoms with Crippen molar-refractivity contribution in [3.63, 3.8) is 0 Å². The lowest BCUT2D eigenvalue weighted by Gasteiger charge is -2.35. The standard InChI is InChI=1S/C15H29NO/c1-2-12-3-7-14(8-4-12)16-15-9-5-13(11-17)6-10-15/h12-17H,2-11H2,1H3. The Morgan fingerprint density at radius 1 is 0.824 bits per heavy atom. The van der Waals surface area contributed by atoms with Crippen LogP contribution in [0.1, 0.15) is 64.7 Å². The summed E-state index contributed by atoms with van der Waals surface area (Å²) in [5, 5.41) is 13.0. The van der Waals surface area contributed by atoms with Crippen molar-refractivity contribution in [3.05, 3.63) is 0 Å². The van der Waals surface area contributed by atoms with Gasteiger partial charge in [-0.15, -0.1) is 0 Å². The highest BCUT2D eigenvalue weighted by atomic mass is 16.3. The van der Waals surface area contributed by atoms with E-state index in [1.54, 1.807) is 0 Å². The number of hydrogen-bond donors (Lipinski definition) is 2. The third kappa shape index (κ3) is 3.96. The monoisotopic (exact) mass is 239 g/mol. The Labute approximate surface area is 106 Å². The number of nitrogens with one attached hydrogen (secondary N) is 1. The first kappa shape index (κ1) is 13.4.